The number of thiocarbonyl (C=S) groups is 1. The highest BCUT2D eigenvalue weighted by Crippen LogP contribution is 2.17. The molecule has 0 saturated heterocycles. The summed E-state index contributed by atoms with van der Waals surface area (Å²) in [5.74, 6) is -0.474. The van der Waals surface area contributed by atoms with Crippen molar-refractivity contribution in [3.05, 3.63) is 42.5 Å². The Labute approximate surface area is 159 Å². The van der Waals surface area contributed by atoms with Crippen molar-refractivity contribution in [1.82, 2.24) is 20.9 Å². The fourth-order valence-corrected chi connectivity index (χ4v) is 3.97. The summed E-state index contributed by atoms with van der Waals surface area (Å²) in [5.41, 5.74) is 5.36. The molecule has 0 atom stereocenters. The fourth-order valence-electron chi connectivity index (χ4n) is 2.71. The number of hydrogen-bond donors (Lipinski definition) is 4. The zero-order chi connectivity index (χ0) is 19.0. The highest BCUT2D eigenvalue weighted by Gasteiger charge is 2.16. The van der Waals surface area contributed by atoms with E-state index >= 15 is 0 Å². The first-order valence-electron chi connectivity index (χ1n) is 8.50. The molecule has 0 spiro atoms. The molecule has 0 aliphatic heterocycles. The van der Waals surface area contributed by atoms with Gasteiger partial charge in [0.1, 0.15) is 0 Å². The Morgan fingerprint density at radius 3 is 2.65 bits per heavy atom. The van der Waals surface area contributed by atoms with E-state index in [1.165, 1.54) is 49.6 Å². The van der Waals surface area contributed by atoms with E-state index in [1.54, 1.807) is 0 Å². The average Bonchev–Trinajstić information content (AvgIpc) is 2.65. The lowest BCUT2D eigenvalue weighted by molar-refractivity contribution is 0.0943. The summed E-state index contributed by atoms with van der Waals surface area (Å²) in [6, 6.07) is 6.09. The van der Waals surface area contributed by atoms with Gasteiger partial charge >= 0.3 is 0 Å². The van der Waals surface area contributed by atoms with E-state index in [0.717, 1.165) is 12.8 Å². The lowest BCUT2D eigenvalue weighted by Gasteiger charge is -2.24. The summed E-state index contributed by atoms with van der Waals surface area (Å²) in [5, 5.41) is 3.52. The first-order valence-corrected chi connectivity index (χ1v) is 10.4. The van der Waals surface area contributed by atoms with E-state index in [0.29, 0.717) is 11.2 Å². The van der Waals surface area contributed by atoms with Gasteiger partial charge in [0.25, 0.3) is 5.91 Å². The van der Waals surface area contributed by atoms with Gasteiger partial charge in [-0.25, -0.2) is 13.1 Å². The van der Waals surface area contributed by atoms with Crippen molar-refractivity contribution < 1.29 is 13.2 Å². The molecule has 0 heterocycles. The van der Waals surface area contributed by atoms with Gasteiger partial charge in [-0.1, -0.05) is 31.4 Å². The maximum absolute atomic E-state index is 12.2. The van der Waals surface area contributed by atoms with Crippen LogP contribution in [0.4, 0.5) is 0 Å². The second-order valence-corrected chi connectivity index (χ2v) is 8.23. The van der Waals surface area contributed by atoms with Crippen LogP contribution < -0.4 is 20.9 Å². The molecule has 142 valence electrons. The van der Waals surface area contributed by atoms with Crippen molar-refractivity contribution in [2.24, 2.45) is 0 Å². The van der Waals surface area contributed by atoms with E-state index < -0.39 is 15.9 Å². The maximum Gasteiger partial charge on any atom is 0.269 e. The van der Waals surface area contributed by atoms with E-state index in [4.69, 9.17) is 12.2 Å². The minimum atomic E-state index is -3.69. The Morgan fingerprint density at radius 2 is 1.96 bits per heavy atom. The molecule has 1 amide bonds. The monoisotopic (exact) mass is 396 g/mol. The molecule has 1 aliphatic rings. The van der Waals surface area contributed by atoms with Crippen LogP contribution in [0, 0.1) is 0 Å². The molecule has 0 radical (unpaired) electrons. The highest BCUT2D eigenvalue weighted by atomic mass is 32.2. The van der Waals surface area contributed by atoms with Crippen LogP contribution in [-0.2, 0) is 10.0 Å². The molecule has 26 heavy (non-hydrogen) atoms. The number of nitrogens with one attached hydrogen (secondary N) is 4. The van der Waals surface area contributed by atoms with Crippen LogP contribution in [0.2, 0.25) is 0 Å². The molecule has 1 aliphatic carbocycles. The molecule has 7 nitrogen and oxygen atoms in total. The molecule has 0 unspecified atom stereocenters. The Morgan fingerprint density at radius 1 is 1.23 bits per heavy atom. The van der Waals surface area contributed by atoms with Gasteiger partial charge in [0, 0.05) is 18.2 Å². The predicted molar refractivity (Wildman–Crippen MR) is 105 cm³/mol. The summed E-state index contributed by atoms with van der Waals surface area (Å²) < 4.78 is 26.6. The molecule has 1 saturated carbocycles. The average molecular weight is 397 g/mol. The minimum Gasteiger partial charge on any atom is -0.359 e. The van der Waals surface area contributed by atoms with Gasteiger partial charge in [-0.2, -0.15) is 0 Å². The summed E-state index contributed by atoms with van der Waals surface area (Å²) in [7, 11) is -3.69. The molecule has 0 aromatic heterocycles. The number of sulfonamides is 1. The summed E-state index contributed by atoms with van der Waals surface area (Å²) >= 11 is 5.18. The van der Waals surface area contributed by atoms with Gasteiger partial charge in [0.15, 0.2) is 5.11 Å². The molecule has 4 N–H and O–H groups in total. The molecular weight excluding hydrogens is 372 g/mol. The van der Waals surface area contributed by atoms with Crippen LogP contribution in [0.5, 0.6) is 0 Å². The van der Waals surface area contributed by atoms with Crippen molar-refractivity contribution in [2.45, 2.75) is 43.0 Å². The van der Waals surface area contributed by atoms with Gasteiger partial charge in [0.2, 0.25) is 10.0 Å². The standard InChI is InChI=1S/C17H24N4O3S2/c1-2-11-18-26(23,24)15-10-6-7-13(12-15)16(22)20-21-17(25)19-14-8-4-3-5-9-14/h2,6-7,10,12,14,18H,1,3-5,8-9,11H2,(H,20,22)(H2,19,21,25). The molecule has 0 bridgehead atoms. The van der Waals surface area contributed by atoms with Gasteiger partial charge in [-0.05, 0) is 43.3 Å². The predicted octanol–water partition coefficient (Wildman–Crippen LogP) is 1.59. The Kier molecular flexibility index (Phi) is 7.55. The number of rotatable bonds is 6. The van der Waals surface area contributed by atoms with Crippen molar-refractivity contribution >= 4 is 33.3 Å². The molecule has 2 rings (SSSR count). The third-order valence-electron chi connectivity index (χ3n) is 4.05. The van der Waals surface area contributed by atoms with Gasteiger partial charge in [0.05, 0.1) is 4.90 Å². The van der Waals surface area contributed by atoms with Crippen LogP contribution in [0.1, 0.15) is 42.5 Å². The number of carbonyl (C=O) groups excluding carboxylic acids is 1. The maximum atomic E-state index is 12.2. The quantitative estimate of drug-likeness (QED) is 0.331. The third kappa shape index (κ3) is 6.08. The largest absolute Gasteiger partial charge is 0.359 e. The van der Waals surface area contributed by atoms with Crippen LogP contribution >= 0.6 is 12.2 Å². The summed E-state index contributed by atoms with van der Waals surface area (Å²) in [4.78, 5) is 12.3. The van der Waals surface area contributed by atoms with Gasteiger partial charge < -0.3 is 5.32 Å². The Bertz CT molecular complexity index is 759. The number of carbonyl (C=O) groups is 1. The SMILES string of the molecule is C=CCNS(=O)(=O)c1cccc(C(=O)NNC(=S)NC2CCCCC2)c1. The van der Waals surface area contributed by atoms with Gasteiger partial charge in [-0.3, -0.25) is 15.6 Å². The fraction of sp³-hybridized carbons (Fsp3) is 0.412. The van der Waals surface area contributed by atoms with E-state index in [2.05, 4.69) is 27.5 Å². The van der Waals surface area contributed by atoms with Crippen molar-refractivity contribution in [3.8, 4) is 0 Å². The number of hydrogen-bond acceptors (Lipinski definition) is 4. The second kappa shape index (κ2) is 9.65. The number of benzene rings is 1. The molecular formula is C17H24N4O3S2. The van der Waals surface area contributed by atoms with Crippen LogP contribution in [0.15, 0.2) is 41.8 Å². The van der Waals surface area contributed by atoms with Crippen LogP contribution in [0.25, 0.3) is 0 Å². The third-order valence-corrected chi connectivity index (χ3v) is 5.70. The lowest BCUT2D eigenvalue weighted by Crippen LogP contribution is -2.50. The summed E-state index contributed by atoms with van der Waals surface area (Å²) in [6.45, 7) is 3.58. The molecule has 1 aromatic carbocycles. The minimum absolute atomic E-state index is 0.00917. The van der Waals surface area contributed by atoms with Crippen molar-refractivity contribution in [3.63, 3.8) is 0 Å². The van der Waals surface area contributed by atoms with E-state index in [1.807, 2.05) is 0 Å². The molecule has 1 aromatic rings. The first kappa shape index (κ1) is 20.3. The van der Waals surface area contributed by atoms with Crippen molar-refractivity contribution in [2.75, 3.05) is 6.54 Å². The number of amides is 1. The first-order chi connectivity index (χ1) is 12.4. The molecule has 9 heteroatoms. The zero-order valence-electron chi connectivity index (χ0n) is 14.5. The zero-order valence-corrected chi connectivity index (χ0v) is 16.1. The normalized spacial score (nSPS) is 15.1. The van der Waals surface area contributed by atoms with Crippen LogP contribution in [-0.4, -0.2) is 32.0 Å². The van der Waals surface area contributed by atoms with Crippen LogP contribution in [0.3, 0.4) is 0 Å². The summed E-state index contributed by atoms with van der Waals surface area (Å²) in [6.07, 6.45) is 7.16. The Hall–Kier alpha value is -1.97. The van der Waals surface area contributed by atoms with Crippen molar-refractivity contribution in [1.29, 1.82) is 0 Å². The Balaban J connectivity index is 1.91. The highest BCUT2D eigenvalue weighted by molar-refractivity contribution is 7.89. The van der Waals surface area contributed by atoms with E-state index in [9.17, 15) is 13.2 Å². The molecule has 1 fully saturated rings. The smallest absolute Gasteiger partial charge is 0.269 e. The lowest BCUT2D eigenvalue weighted by atomic mass is 9.96. The number of hydrazine groups is 1. The topological polar surface area (TPSA) is 99.3 Å². The second-order valence-electron chi connectivity index (χ2n) is 6.06. The van der Waals surface area contributed by atoms with E-state index in [-0.39, 0.29) is 17.0 Å². The van der Waals surface area contributed by atoms with Gasteiger partial charge in [-0.15, -0.1) is 6.58 Å².